The highest BCUT2D eigenvalue weighted by Gasteiger charge is 2.51. The first-order chi connectivity index (χ1) is 15.1. The Bertz CT molecular complexity index is 648. The summed E-state index contributed by atoms with van der Waals surface area (Å²) in [4.78, 5) is 13.8. The number of likely N-dealkylation sites (tertiary alicyclic amines) is 1. The molecular weight excluding hydrogens is 388 g/mol. The van der Waals surface area contributed by atoms with E-state index in [2.05, 4.69) is 10.2 Å². The summed E-state index contributed by atoms with van der Waals surface area (Å²) in [5.74, 6) is 0.211. The van der Waals surface area contributed by atoms with Gasteiger partial charge in [0.1, 0.15) is 0 Å². The summed E-state index contributed by atoms with van der Waals surface area (Å²) >= 11 is 0. The molecule has 4 fully saturated rings. The van der Waals surface area contributed by atoms with Crippen LogP contribution < -0.4 is 5.32 Å². The Balaban J connectivity index is 0.000000334. The van der Waals surface area contributed by atoms with E-state index in [1.54, 1.807) is 0 Å². The van der Waals surface area contributed by atoms with Crippen LogP contribution >= 0.6 is 0 Å². The summed E-state index contributed by atoms with van der Waals surface area (Å²) in [5.41, 5.74) is -0.171. The minimum Gasteiger partial charge on any atom is -0.481 e. The lowest BCUT2D eigenvalue weighted by Gasteiger charge is -2.43. The molecule has 4 aliphatic rings. The molecule has 3 saturated carbocycles. The summed E-state index contributed by atoms with van der Waals surface area (Å²) in [6.45, 7) is 5.68. The molecule has 0 aromatic heterocycles. The third-order valence-corrected chi connectivity index (χ3v) is 7.75. The fourth-order valence-corrected chi connectivity index (χ4v) is 4.71. The Morgan fingerprint density at radius 2 is 1.58 bits per heavy atom. The SMILES string of the molecule is O=C(O)C1(CN2CCC(CNC3CC3)(COCC3CCC3)CC2)CC1.c1ccccc1. The summed E-state index contributed by atoms with van der Waals surface area (Å²) in [6, 6.07) is 12.7. The number of carboxylic acids is 1. The van der Waals surface area contributed by atoms with E-state index in [4.69, 9.17) is 4.74 Å². The van der Waals surface area contributed by atoms with Gasteiger partial charge < -0.3 is 20.1 Å². The highest BCUT2D eigenvalue weighted by Crippen LogP contribution is 2.47. The van der Waals surface area contributed by atoms with Crippen molar-refractivity contribution in [3.63, 3.8) is 0 Å². The van der Waals surface area contributed by atoms with Gasteiger partial charge in [-0.3, -0.25) is 4.79 Å². The van der Waals surface area contributed by atoms with E-state index >= 15 is 0 Å². The normalized spacial score (nSPS) is 24.5. The van der Waals surface area contributed by atoms with Gasteiger partial charge in [0, 0.05) is 31.2 Å². The molecule has 1 heterocycles. The van der Waals surface area contributed by atoms with Crippen molar-refractivity contribution in [1.82, 2.24) is 10.2 Å². The van der Waals surface area contributed by atoms with Crippen LogP contribution in [0.5, 0.6) is 0 Å². The van der Waals surface area contributed by atoms with Crippen molar-refractivity contribution < 1.29 is 14.6 Å². The van der Waals surface area contributed by atoms with Crippen LogP contribution in [-0.4, -0.2) is 61.4 Å². The summed E-state index contributed by atoms with van der Waals surface area (Å²) < 4.78 is 6.17. The van der Waals surface area contributed by atoms with Crippen molar-refractivity contribution >= 4 is 5.97 Å². The van der Waals surface area contributed by atoms with Gasteiger partial charge in [-0.25, -0.2) is 0 Å². The second-order valence-electron chi connectivity index (χ2n) is 10.5. The van der Waals surface area contributed by atoms with Crippen LogP contribution in [0.15, 0.2) is 36.4 Å². The minimum absolute atomic E-state index is 0.253. The smallest absolute Gasteiger partial charge is 0.310 e. The van der Waals surface area contributed by atoms with E-state index in [9.17, 15) is 9.90 Å². The molecule has 5 rings (SSSR count). The number of aliphatic carboxylic acids is 1. The van der Waals surface area contributed by atoms with Crippen molar-refractivity contribution in [3.05, 3.63) is 36.4 Å². The number of nitrogens with one attached hydrogen (secondary N) is 1. The molecule has 0 spiro atoms. The molecule has 5 heteroatoms. The van der Waals surface area contributed by atoms with Gasteiger partial charge in [0.05, 0.1) is 12.0 Å². The lowest BCUT2D eigenvalue weighted by atomic mass is 9.78. The summed E-state index contributed by atoms with van der Waals surface area (Å²) in [5, 5.41) is 13.2. The number of rotatable bonds is 10. The fourth-order valence-electron chi connectivity index (χ4n) is 4.71. The maximum absolute atomic E-state index is 11.5. The molecule has 0 radical (unpaired) electrons. The van der Waals surface area contributed by atoms with E-state index in [1.165, 1.54) is 32.1 Å². The highest BCUT2D eigenvalue weighted by atomic mass is 16.5. The molecule has 172 valence electrons. The number of carbonyl (C=O) groups is 1. The maximum Gasteiger partial charge on any atom is 0.310 e. The van der Waals surface area contributed by atoms with Gasteiger partial charge in [-0.15, -0.1) is 0 Å². The second-order valence-corrected chi connectivity index (χ2v) is 10.5. The number of benzene rings is 1. The Morgan fingerprint density at radius 3 is 2.03 bits per heavy atom. The molecule has 5 nitrogen and oxygen atoms in total. The largest absolute Gasteiger partial charge is 0.481 e. The van der Waals surface area contributed by atoms with Crippen molar-refractivity contribution in [2.45, 2.75) is 63.8 Å². The Kier molecular flexibility index (Phi) is 7.68. The van der Waals surface area contributed by atoms with E-state index in [0.29, 0.717) is 0 Å². The van der Waals surface area contributed by atoms with Crippen LogP contribution in [0.2, 0.25) is 0 Å². The van der Waals surface area contributed by atoms with Gasteiger partial charge >= 0.3 is 5.97 Å². The maximum atomic E-state index is 11.5. The zero-order valence-corrected chi connectivity index (χ0v) is 18.9. The molecule has 1 aliphatic heterocycles. The third kappa shape index (κ3) is 6.77. The molecule has 1 saturated heterocycles. The van der Waals surface area contributed by atoms with Gasteiger partial charge in [-0.1, -0.05) is 42.8 Å². The third-order valence-electron chi connectivity index (χ3n) is 7.75. The van der Waals surface area contributed by atoms with Gasteiger partial charge in [-0.2, -0.15) is 0 Å². The van der Waals surface area contributed by atoms with E-state index in [0.717, 1.165) is 77.0 Å². The highest BCUT2D eigenvalue weighted by molar-refractivity contribution is 5.78. The van der Waals surface area contributed by atoms with Gasteiger partial charge in [0.25, 0.3) is 0 Å². The first-order valence-electron chi connectivity index (χ1n) is 12.4. The lowest BCUT2D eigenvalue weighted by Crippen LogP contribution is -2.49. The standard InChI is InChI=1S/C20H34N2O3.C6H6/c23-18(24)20(6-7-20)14-22-10-8-19(9-11-22,13-21-17-4-5-17)15-25-12-16-2-1-3-16;1-2-4-6-5-3-1/h16-17,21H,1-15H2,(H,23,24);1-6H. The lowest BCUT2D eigenvalue weighted by molar-refractivity contribution is -0.144. The predicted molar refractivity (Wildman–Crippen MR) is 123 cm³/mol. The minimum atomic E-state index is -0.594. The van der Waals surface area contributed by atoms with Crippen LogP contribution in [0.25, 0.3) is 0 Å². The average molecular weight is 429 g/mol. The first kappa shape index (κ1) is 22.8. The Labute approximate surface area is 187 Å². The van der Waals surface area contributed by atoms with Crippen molar-refractivity contribution in [1.29, 1.82) is 0 Å². The summed E-state index contributed by atoms with van der Waals surface area (Å²) in [6.07, 6.45) is 10.7. The quantitative estimate of drug-likeness (QED) is 0.585. The zero-order chi connectivity index (χ0) is 21.6. The average Bonchev–Trinajstić information content (AvgIpc) is 3.68. The predicted octanol–water partition coefficient (Wildman–Crippen LogP) is 4.19. The fraction of sp³-hybridized carbons (Fsp3) is 0.731. The second kappa shape index (κ2) is 10.5. The first-order valence-corrected chi connectivity index (χ1v) is 12.4. The van der Waals surface area contributed by atoms with Crippen LogP contribution in [0.4, 0.5) is 0 Å². The van der Waals surface area contributed by atoms with Crippen LogP contribution in [-0.2, 0) is 9.53 Å². The van der Waals surface area contributed by atoms with Crippen LogP contribution in [0.1, 0.15) is 57.8 Å². The number of piperidine rings is 1. The van der Waals surface area contributed by atoms with Crippen LogP contribution in [0.3, 0.4) is 0 Å². The summed E-state index contributed by atoms with van der Waals surface area (Å²) in [7, 11) is 0. The molecule has 1 aromatic carbocycles. The Morgan fingerprint density at radius 1 is 0.968 bits per heavy atom. The van der Waals surface area contributed by atoms with Crippen molar-refractivity contribution in [2.75, 3.05) is 39.4 Å². The number of hydrogen-bond donors (Lipinski definition) is 2. The van der Waals surface area contributed by atoms with Crippen molar-refractivity contribution in [3.8, 4) is 0 Å². The topological polar surface area (TPSA) is 61.8 Å². The number of ether oxygens (including phenoxy) is 1. The monoisotopic (exact) mass is 428 g/mol. The molecule has 2 N–H and O–H groups in total. The molecule has 0 bridgehead atoms. The molecule has 31 heavy (non-hydrogen) atoms. The van der Waals surface area contributed by atoms with Gasteiger partial charge in [0.15, 0.2) is 0 Å². The molecule has 0 unspecified atom stereocenters. The van der Waals surface area contributed by atoms with E-state index < -0.39 is 11.4 Å². The number of hydrogen-bond acceptors (Lipinski definition) is 4. The zero-order valence-electron chi connectivity index (χ0n) is 18.9. The molecule has 0 atom stereocenters. The number of nitrogens with zero attached hydrogens (tertiary/aromatic N) is 1. The van der Waals surface area contributed by atoms with Gasteiger partial charge in [-0.05, 0) is 70.4 Å². The molecular formula is C26H40N2O3. The van der Waals surface area contributed by atoms with Crippen LogP contribution in [0, 0.1) is 16.7 Å². The van der Waals surface area contributed by atoms with E-state index in [1.807, 2.05) is 36.4 Å². The Hall–Kier alpha value is -1.43. The van der Waals surface area contributed by atoms with Crippen molar-refractivity contribution in [2.24, 2.45) is 16.7 Å². The molecule has 3 aliphatic carbocycles. The van der Waals surface area contributed by atoms with E-state index in [-0.39, 0.29) is 5.41 Å². The van der Waals surface area contributed by atoms with Gasteiger partial charge in [0.2, 0.25) is 0 Å². The number of carboxylic acid groups (broad SMARTS) is 1. The molecule has 0 amide bonds. The molecule has 1 aromatic rings.